The number of rotatable bonds is 7. The molecule has 10 heteroatoms. The number of nitrogens with one attached hydrogen (secondary N) is 2. The van der Waals surface area contributed by atoms with E-state index in [9.17, 15) is 14.4 Å². The molecule has 0 bridgehead atoms. The topological polar surface area (TPSA) is 121 Å². The first-order chi connectivity index (χ1) is 20.2. The fourth-order valence-electron chi connectivity index (χ4n) is 4.38. The van der Waals surface area contributed by atoms with Crippen molar-refractivity contribution in [3.8, 4) is 17.0 Å². The summed E-state index contributed by atoms with van der Waals surface area (Å²) in [6.07, 6.45) is 2.22. The predicted molar refractivity (Wildman–Crippen MR) is 165 cm³/mol. The largest absolute Gasteiger partial charge is 0.497 e. The molecule has 2 aromatic heterocycles. The SMILES string of the molecule is COc1ccc(C[C@H](NC(=O)OC(C)(C)C)C(=O)Nc2ccc(-c3ccc4cnccc4c3)n2C(=O)OC(C)(C)C)cc1. The summed E-state index contributed by atoms with van der Waals surface area (Å²) in [5, 5.41) is 7.40. The van der Waals surface area contributed by atoms with Gasteiger partial charge in [0.2, 0.25) is 5.91 Å². The summed E-state index contributed by atoms with van der Waals surface area (Å²) < 4.78 is 17.7. The number of benzene rings is 2. The molecule has 226 valence electrons. The molecule has 2 aromatic carbocycles. The van der Waals surface area contributed by atoms with Gasteiger partial charge in [0, 0.05) is 24.2 Å². The lowest BCUT2D eigenvalue weighted by atomic mass is 10.1. The summed E-state index contributed by atoms with van der Waals surface area (Å²) in [5.41, 5.74) is 0.499. The summed E-state index contributed by atoms with van der Waals surface area (Å²) in [6.45, 7) is 10.5. The zero-order chi connectivity index (χ0) is 31.4. The number of fused-ring (bicyclic) bond motifs is 1. The molecule has 4 rings (SSSR count). The van der Waals surface area contributed by atoms with E-state index in [0.29, 0.717) is 11.4 Å². The number of carbonyl (C=O) groups is 3. The van der Waals surface area contributed by atoms with Gasteiger partial charge in [0.05, 0.1) is 12.8 Å². The first kappa shape index (κ1) is 31.1. The van der Waals surface area contributed by atoms with Crippen LogP contribution < -0.4 is 15.4 Å². The molecule has 43 heavy (non-hydrogen) atoms. The standard InChI is InChI=1S/C33H38N4O6/c1-32(2,3)42-30(39)35-26(18-21-8-12-25(41-7)13-9-21)29(38)36-28-15-14-27(37(28)31(40)43-33(4,5)6)23-10-11-24-20-34-17-16-22(24)19-23/h8-17,19-20,26H,18H2,1-7H3,(H,35,39)(H,36,38)/t26-/m0/s1. The number of nitrogens with zero attached hydrogens (tertiary/aromatic N) is 2. The number of amides is 2. The zero-order valence-electron chi connectivity index (χ0n) is 25.6. The van der Waals surface area contributed by atoms with E-state index >= 15 is 0 Å². The molecule has 4 aromatic rings. The number of alkyl carbamates (subject to hydrolysis) is 1. The van der Waals surface area contributed by atoms with Crippen molar-refractivity contribution in [3.63, 3.8) is 0 Å². The number of hydrogen-bond donors (Lipinski definition) is 2. The van der Waals surface area contributed by atoms with Crippen molar-refractivity contribution in [3.05, 3.63) is 78.6 Å². The Bertz CT molecular complexity index is 1610. The highest BCUT2D eigenvalue weighted by atomic mass is 16.6. The molecule has 1 atom stereocenters. The van der Waals surface area contributed by atoms with E-state index in [1.807, 2.05) is 36.4 Å². The van der Waals surface area contributed by atoms with Crippen molar-refractivity contribution in [2.24, 2.45) is 0 Å². The Labute approximate surface area is 251 Å². The van der Waals surface area contributed by atoms with Crippen molar-refractivity contribution in [2.45, 2.75) is 65.2 Å². The minimum atomic E-state index is -1.03. The predicted octanol–water partition coefficient (Wildman–Crippen LogP) is 6.57. The molecule has 0 unspecified atom stereocenters. The van der Waals surface area contributed by atoms with E-state index in [2.05, 4.69) is 15.6 Å². The smallest absolute Gasteiger partial charge is 0.420 e. The van der Waals surface area contributed by atoms with Gasteiger partial charge >= 0.3 is 12.2 Å². The van der Waals surface area contributed by atoms with Gasteiger partial charge in [0.1, 0.15) is 28.8 Å². The van der Waals surface area contributed by atoms with Crippen molar-refractivity contribution in [1.29, 1.82) is 0 Å². The third-order valence-electron chi connectivity index (χ3n) is 6.25. The molecule has 2 heterocycles. The van der Waals surface area contributed by atoms with Gasteiger partial charge in [-0.25, -0.2) is 14.2 Å². The molecule has 0 saturated heterocycles. The summed E-state index contributed by atoms with van der Waals surface area (Å²) >= 11 is 0. The number of hydrogen-bond acceptors (Lipinski definition) is 7. The second-order valence-corrected chi connectivity index (χ2v) is 12.1. The van der Waals surface area contributed by atoms with Crippen LogP contribution in [0.15, 0.2) is 73.1 Å². The highest BCUT2D eigenvalue weighted by molar-refractivity contribution is 5.99. The first-order valence-corrected chi connectivity index (χ1v) is 13.9. The van der Waals surface area contributed by atoms with E-state index in [4.69, 9.17) is 14.2 Å². The maximum Gasteiger partial charge on any atom is 0.420 e. The van der Waals surface area contributed by atoms with Crippen LogP contribution in [0.3, 0.4) is 0 Å². The molecule has 10 nitrogen and oxygen atoms in total. The first-order valence-electron chi connectivity index (χ1n) is 13.9. The number of methoxy groups -OCH3 is 1. The number of carbonyl (C=O) groups excluding carboxylic acids is 3. The van der Waals surface area contributed by atoms with Crippen LogP contribution in [0.4, 0.5) is 15.4 Å². The van der Waals surface area contributed by atoms with Gasteiger partial charge in [-0.3, -0.25) is 9.78 Å². The third-order valence-corrected chi connectivity index (χ3v) is 6.25. The average molecular weight is 587 g/mol. The van der Waals surface area contributed by atoms with Gasteiger partial charge < -0.3 is 24.8 Å². The average Bonchev–Trinajstić information content (AvgIpc) is 3.34. The van der Waals surface area contributed by atoms with Gasteiger partial charge in [-0.15, -0.1) is 0 Å². The minimum absolute atomic E-state index is 0.160. The third kappa shape index (κ3) is 8.34. The lowest BCUT2D eigenvalue weighted by molar-refractivity contribution is -0.118. The van der Waals surface area contributed by atoms with Crippen molar-refractivity contribution in [2.75, 3.05) is 12.4 Å². The summed E-state index contributed by atoms with van der Waals surface area (Å²) in [6, 6.07) is 17.1. The van der Waals surface area contributed by atoms with Crippen molar-refractivity contribution < 1.29 is 28.6 Å². The molecule has 0 fully saturated rings. The number of ether oxygens (including phenoxy) is 3. The van der Waals surface area contributed by atoms with Gasteiger partial charge in [-0.05, 0) is 94.5 Å². The van der Waals surface area contributed by atoms with Gasteiger partial charge in [-0.2, -0.15) is 0 Å². The Balaban J connectivity index is 1.69. The molecular formula is C33H38N4O6. The number of aromatic nitrogens is 2. The van der Waals surface area contributed by atoms with Crippen molar-refractivity contribution in [1.82, 2.24) is 14.9 Å². The van der Waals surface area contributed by atoms with E-state index < -0.39 is 35.3 Å². The Morgan fingerprint density at radius 1 is 0.860 bits per heavy atom. The number of anilines is 1. The molecule has 0 spiro atoms. The second-order valence-electron chi connectivity index (χ2n) is 12.1. The second kappa shape index (κ2) is 12.6. The maximum absolute atomic E-state index is 13.7. The van der Waals surface area contributed by atoms with Gasteiger partial charge in [0.25, 0.3) is 0 Å². The van der Waals surface area contributed by atoms with Crippen LogP contribution in [-0.4, -0.2) is 52.0 Å². The lowest BCUT2D eigenvalue weighted by Crippen LogP contribution is -2.47. The monoisotopic (exact) mass is 586 g/mol. The fraction of sp³-hybridized carbons (Fsp3) is 0.333. The van der Waals surface area contributed by atoms with E-state index in [-0.39, 0.29) is 12.2 Å². The van der Waals surface area contributed by atoms with Crippen LogP contribution in [0.5, 0.6) is 5.75 Å². The molecule has 2 N–H and O–H groups in total. The molecule has 2 amide bonds. The molecule has 0 aliphatic carbocycles. The van der Waals surface area contributed by atoms with Crippen LogP contribution in [0.1, 0.15) is 47.1 Å². The Kier molecular flexibility index (Phi) is 9.08. The van der Waals surface area contributed by atoms with E-state index in [1.54, 1.807) is 85.3 Å². The molecular weight excluding hydrogens is 548 g/mol. The van der Waals surface area contributed by atoms with Crippen LogP contribution in [0.2, 0.25) is 0 Å². The normalized spacial score (nSPS) is 12.3. The van der Waals surface area contributed by atoms with Crippen LogP contribution in [0, 0.1) is 0 Å². The highest BCUT2D eigenvalue weighted by Gasteiger charge is 2.28. The zero-order valence-corrected chi connectivity index (χ0v) is 25.6. The minimum Gasteiger partial charge on any atom is -0.497 e. The summed E-state index contributed by atoms with van der Waals surface area (Å²) in [5.74, 6) is 0.313. The number of pyridine rings is 1. The lowest BCUT2D eigenvalue weighted by Gasteiger charge is -2.24. The van der Waals surface area contributed by atoms with Crippen LogP contribution >= 0.6 is 0 Å². The van der Waals surface area contributed by atoms with Gasteiger partial charge in [0.15, 0.2) is 0 Å². The summed E-state index contributed by atoms with van der Waals surface area (Å²) in [4.78, 5) is 44.1. The fourth-order valence-corrected chi connectivity index (χ4v) is 4.38. The maximum atomic E-state index is 13.7. The van der Waals surface area contributed by atoms with E-state index in [1.165, 1.54) is 4.57 Å². The Morgan fingerprint density at radius 2 is 1.56 bits per heavy atom. The van der Waals surface area contributed by atoms with E-state index in [0.717, 1.165) is 21.9 Å². The van der Waals surface area contributed by atoms with Crippen LogP contribution in [0.25, 0.3) is 22.0 Å². The van der Waals surface area contributed by atoms with Crippen LogP contribution in [-0.2, 0) is 20.7 Å². The highest BCUT2D eigenvalue weighted by Crippen LogP contribution is 2.30. The summed E-state index contributed by atoms with van der Waals surface area (Å²) in [7, 11) is 1.57. The van der Waals surface area contributed by atoms with Gasteiger partial charge in [-0.1, -0.05) is 24.3 Å². The molecule has 0 radical (unpaired) electrons. The Hall–Kier alpha value is -4.86. The Morgan fingerprint density at radius 3 is 2.21 bits per heavy atom. The molecule has 0 aliphatic rings. The molecule has 0 aliphatic heterocycles. The van der Waals surface area contributed by atoms with Crippen molar-refractivity contribution >= 4 is 34.7 Å². The quantitative estimate of drug-likeness (QED) is 0.251. The molecule has 0 saturated carbocycles.